The van der Waals surface area contributed by atoms with E-state index in [0.717, 1.165) is 35.4 Å². The van der Waals surface area contributed by atoms with E-state index in [9.17, 15) is 0 Å². The molecule has 0 amide bonds. The number of hydrogen-bond acceptors (Lipinski definition) is 5. The number of hydrogen-bond donors (Lipinski definition) is 2. The first-order valence-electron chi connectivity index (χ1n) is 7.56. The van der Waals surface area contributed by atoms with E-state index in [1.807, 2.05) is 38.2 Å². The van der Waals surface area contributed by atoms with Crippen molar-refractivity contribution < 1.29 is 0 Å². The third kappa shape index (κ3) is 5.52. The second-order valence-corrected chi connectivity index (χ2v) is 6.26. The highest BCUT2D eigenvalue weighted by Gasteiger charge is 2.04. The number of guanidine groups is 1. The summed E-state index contributed by atoms with van der Waals surface area (Å²) in [4.78, 5) is 15.1. The number of anilines is 1. The molecule has 0 radical (unpaired) electrons. The van der Waals surface area contributed by atoms with Gasteiger partial charge in [-0.3, -0.25) is 9.98 Å². The number of aromatic nitrogens is 2. The molecule has 7 heteroatoms. The van der Waals surface area contributed by atoms with Crippen LogP contribution in [0.3, 0.4) is 0 Å². The van der Waals surface area contributed by atoms with Crippen LogP contribution in [0.15, 0.2) is 28.7 Å². The van der Waals surface area contributed by atoms with Crippen LogP contribution < -0.4 is 15.5 Å². The Hall–Kier alpha value is -2.15. The van der Waals surface area contributed by atoms with Crippen molar-refractivity contribution in [1.82, 2.24) is 20.6 Å². The molecule has 23 heavy (non-hydrogen) atoms. The van der Waals surface area contributed by atoms with E-state index in [1.54, 1.807) is 18.4 Å². The second-order valence-electron chi connectivity index (χ2n) is 5.43. The molecule has 6 nitrogen and oxygen atoms in total. The van der Waals surface area contributed by atoms with Gasteiger partial charge in [0.25, 0.3) is 0 Å². The highest BCUT2D eigenvalue weighted by Crippen LogP contribution is 2.17. The van der Waals surface area contributed by atoms with Gasteiger partial charge in [-0.2, -0.15) is 0 Å². The molecule has 0 fully saturated rings. The molecule has 0 atom stereocenters. The summed E-state index contributed by atoms with van der Waals surface area (Å²) in [7, 11) is 5.77. The summed E-state index contributed by atoms with van der Waals surface area (Å²) in [6.45, 7) is 3.47. The molecule has 2 rings (SSSR count). The molecule has 2 N–H and O–H groups in total. The summed E-state index contributed by atoms with van der Waals surface area (Å²) in [5, 5.41) is 9.66. The Labute approximate surface area is 141 Å². The third-order valence-corrected chi connectivity index (χ3v) is 4.32. The van der Waals surface area contributed by atoms with E-state index in [0.29, 0.717) is 6.54 Å². The van der Waals surface area contributed by atoms with Gasteiger partial charge in [0.2, 0.25) is 0 Å². The fourth-order valence-electron chi connectivity index (χ4n) is 1.95. The van der Waals surface area contributed by atoms with Crippen LogP contribution in [0.4, 0.5) is 5.13 Å². The molecule has 0 unspecified atom stereocenters. The number of pyridine rings is 1. The fraction of sp³-hybridized carbons (Fsp3) is 0.438. The summed E-state index contributed by atoms with van der Waals surface area (Å²) >= 11 is 1.64. The molecule has 124 valence electrons. The minimum Gasteiger partial charge on any atom is -0.356 e. The SMILES string of the molecule is CN=C(NCCc1ccc(C)nc1)NCc1csc(N(C)C)n1. The molecule has 0 aliphatic rings. The maximum Gasteiger partial charge on any atom is 0.191 e. The van der Waals surface area contributed by atoms with E-state index in [-0.39, 0.29) is 0 Å². The quantitative estimate of drug-likeness (QED) is 0.624. The topological polar surface area (TPSA) is 65.4 Å². The molecule has 0 spiro atoms. The van der Waals surface area contributed by atoms with Gasteiger partial charge in [0.05, 0.1) is 12.2 Å². The lowest BCUT2D eigenvalue weighted by atomic mass is 10.2. The molecular formula is C16H24N6S. The lowest BCUT2D eigenvalue weighted by Crippen LogP contribution is -2.37. The van der Waals surface area contributed by atoms with Crippen LogP contribution in [0.5, 0.6) is 0 Å². The zero-order valence-electron chi connectivity index (χ0n) is 14.1. The molecule has 2 aromatic heterocycles. The molecule has 2 heterocycles. The van der Waals surface area contributed by atoms with Crippen molar-refractivity contribution in [2.45, 2.75) is 19.9 Å². The van der Waals surface area contributed by atoms with E-state index in [2.05, 4.69) is 37.0 Å². The van der Waals surface area contributed by atoms with Crippen molar-refractivity contribution in [2.24, 2.45) is 4.99 Å². The predicted molar refractivity (Wildman–Crippen MR) is 97.3 cm³/mol. The molecule has 2 aromatic rings. The monoisotopic (exact) mass is 332 g/mol. The summed E-state index contributed by atoms with van der Waals surface area (Å²) in [6.07, 6.45) is 2.83. The second kappa shape index (κ2) is 8.47. The first-order chi connectivity index (χ1) is 11.1. The van der Waals surface area contributed by atoms with Crippen LogP contribution >= 0.6 is 11.3 Å². The normalized spacial score (nSPS) is 11.4. The Morgan fingerprint density at radius 2 is 2.13 bits per heavy atom. The van der Waals surface area contributed by atoms with Gasteiger partial charge in [0.1, 0.15) is 0 Å². The smallest absolute Gasteiger partial charge is 0.191 e. The Morgan fingerprint density at radius 1 is 1.30 bits per heavy atom. The Balaban J connectivity index is 1.75. The van der Waals surface area contributed by atoms with Gasteiger partial charge in [0.15, 0.2) is 11.1 Å². The zero-order chi connectivity index (χ0) is 16.7. The Kier molecular flexibility index (Phi) is 6.34. The Morgan fingerprint density at radius 3 is 2.74 bits per heavy atom. The van der Waals surface area contributed by atoms with E-state index in [4.69, 9.17) is 0 Å². The lowest BCUT2D eigenvalue weighted by Gasteiger charge is -2.11. The van der Waals surface area contributed by atoms with E-state index in [1.165, 1.54) is 5.56 Å². The van der Waals surface area contributed by atoms with Crippen LogP contribution in [-0.2, 0) is 13.0 Å². The van der Waals surface area contributed by atoms with Crippen LogP contribution in [0, 0.1) is 6.92 Å². The van der Waals surface area contributed by atoms with Gasteiger partial charge >= 0.3 is 0 Å². The van der Waals surface area contributed by atoms with Crippen molar-refractivity contribution in [2.75, 3.05) is 32.6 Å². The minimum absolute atomic E-state index is 0.663. The van der Waals surface area contributed by atoms with Crippen molar-refractivity contribution in [3.63, 3.8) is 0 Å². The van der Waals surface area contributed by atoms with Crippen molar-refractivity contribution in [3.05, 3.63) is 40.7 Å². The zero-order valence-corrected chi connectivity index (χ0v) is 14.9. The summed E-state index contributed by atoms with van der Waals surface area (Å²) in [5.74, 6) is 0.782. The average Bonchev–Trinajstić information content (AvgIpc) is 3.01. The maximum atomic E-state index is 4.54. The molecule has 0 aromatic carbocycles. The van der Waals surface area contributed by atoms with Crippen LogP contribution in [0.25, 0.3) is 0 Å². The lowest BCUT2D eigenvalue weighted by molar-refractivity contribution is 0.784. The van der Waals surface area contributed by atoms with Gasteiger partial charge in [-0.1, -0.05) is 6.07 Å². The van der Waals surface area contributed by atoms with Gasteiger partial charge in [-0.15, -0.1) is 11.3 Å². The van der Waals surface area contributed by atoms with Crippen LogP contribution in [0.1, 0.15) is 17.0 Å². The molecule has 0 saturated heterocycles. The number of nitrogens with zero attached hydrogens (tertiary/aromatic N) is 4. The molecule has 0 saturated carbocycles. The molecular weight excluding hydrogens is 308 g/mol. The summed E-state index contributed by atoms with van der Waals surface area (Å²) in [6, 6.07) is 4.14. The van der Waals surface area contributed by atoms with Gasteiger partial charge in [-0.25, -0.2) is 4.98 Å². The third-order valence-electron chi connectivity index (χ3n) is 3.26. The maximum absolute atomic E-state index is 4.54. The van der Waals surface area contributed by atoms with Crippen LogP contribution in [0.2, 0.25) is 0 Å². The van der Waals surface area contributed by atoms with Crippen molar-refractivity contribution >= 4 is 22.4 Å². The summed E-state index contributed by atoms with van der Waals surface area (Å²) < 4.78 is 0. The van der Waals surface area contributed by atoms with Crippen LogP contribution in [-0.4, -0.2) is 43.6 Å². The number of aliphatic imine (C=N–C) groups is 1. The molecule has 0 bridgehead atoms. The van der Waals surface area contributed by atoms with Crippen molar-refractivity contribution in [1.29, 1.82) is 0 Å². The highest BCUT2D eigenvalue weighted by molar-refractivity contribution is 7.13. The predicted octanol–water partition coefficient (Wildman–Crippen LogP) is 1.82. The van der Waals surface area contributed by atoms with Gasteiger partial charge in [0, 0.05) is 45.0 Å². The first kappa shape index (κ1) is 17.2. The number of thiazole rings is 1. The largest absolute Gasteiger partial charge is 0.356 e. The average molecular weight is 332 g/mol. The van der Waals surface area contributed by atoms with E-state index < -0.39 is 0 Å². The molecule has 0 aliphatic carbocycles. The van der Waals surface area contributed by atoms with E-state index >= 15 is 0 Å². The first-order valence-corrected chi connectivity index (χ1v) is 8.44. The standard InChI is InChI=1S/C16H24N6S/c1-12-5-6-13(9-19-12)7-8-18-15(17-2)20-10-14-11-23-16(21-14)22(3)4/h5-6,9,11H,7-8,10H2,1-4H3,(H2,17,18,20). The Bertz CT molecular complexity index is 632. The highest BCUT2D eigenvalue weighted by atomic mass is 32.1. The number of nitrogens with one attached hydrogen (secondary N) is 2. The molecule has 0 aliphatic heterocycles. The number of aryl methyl sites for hydroxylation is 1. The van der Waals surface area contributed by atoms with Gasteiger partial charge < -0.3 is 15.5 Å². The number of rotatable bonds is 6. The minimum atomic E-state index is 0.663. The fourth-order valence-corrected chi connectivity index (χ4v) is 2.71. The van der Waals surface area contributed by atoms with Crippen molar-refractivity contribution in [3.8, 4) is 0 Å². The summed E-state index contributed by atoms with van der Waals surface area (Å²) in [5.41, 5.74) is 3.28. The van der Waals surface area contributed by atoms with Gasteiger partial charge in [-0.05, 0) is 25.0 Å².